The minimum Gasteiger partial charge on any atom is -0.314 e. The number of hydrogen-bond acceptors (Lipinski definition) is 3. The smallest absolute Gasteiger partial charge is 0.0638 e. The molecular formula is C13H23ClN4. The predicted octanol–water partition coefficient (Wildman–Crippen LogP) is 1.33. The first-order valence-corrected chi connectivity index (χ1v) is 6.67. The van der Waals surface area contributed by atoms with Crippen molar-refractivity contribution >= 4 is 12.4 Å². The molecule has 1 aromatic rings. The second-order valence-electron chi connectivity index (χ2n) is 5.55. The average molecular weight is 271 g/mol. The van der Waals surface area contributed by atoms with E-state index in [-0.39, 0.29) is 12.4 Å². The second kappa shape index (κ2) is 5.59. The van der Waals surface area contributed by atoms with Crippen molar-refractivity contribution < 1.29 is 0 Å². The number of aryl methyl sites for hydroxylation is 2. The molecule has 1 N–H and O–H groups in total. The maximum atomic E-state index is 4.42. The SMILES string of the molecule is Cc1nn(C)cc1CN1CCC2NCCC2C1.Cl. The Kier molecular flexibility index (Phi) is 4.30. The lowest BCUT2D eigenvalue weighted by molar-refractivity contribution is 0.155. The van der Waals surface area contributed by atoms with Crippen molar-refractivity contribution in [2.24, 2.45) is 13.0 Å². The number of piperidine rings is 1. The number of rotatable bonds is 2. The van der Waals surface area contributed by atoms with E-state index in [0.29, 0.717) is 0 Å². The van der Waals surface area contributed by atoms with Crippen LogP contribution in [0.2, 0.25) is 0 Å². The van der Waals surface area contributed by atoms with Gasteiger partial charge in [0, 0.05) is 37.9 Å². The summed E-state index contributed by atoms with van der Waals surface area (Å²) in [7, 11) is 2.00. The summed E-state index contributed by atoms with van der Waals surface area (Å²) in [6.45, 7) is 6.88. The van der Waals surface area contributed by atoms with E-state index in [1.54, 1.807) is 0 Å². The van der Waals surface area contributed by atoms with Gasteiger partial charge in [0.15, 0.2) is 0 Å². The van der Waals surface area contributed by atoms with Gasteiger partial charge in [-0.3, -0.25) is 9.58 Å². The molecular weight excluding hydrogens is 248 g/mol. The summed E-state index contributed by atoms with van der Waals surface area (Å²) in [5.41, 5.74) is 2.57. The molecule has 0 radical (unpaired) electrons. The maximum Gasteiger partial charge on any atom is 0.0638 e. The number of fused-ring (bicyclic) bond motifs is 1. The summed E-state index contributed by atoms with van der Waals surface area (Å²) in [6.07, 6.45) is 4.82. The molecule has 2 aliphatic heterocycles. The van der Waals surface area contributed by atoms with Crippen LogP contribution in [0.5, 0.6) is 0 Å². The molecule has 0 saturated carbocycles. The van der Waals surface area contributed by atoms with E-state index in [2.05, 4.69) is 28.4 Å². The van der Waals surface area contributed by atoms with Crippen LogP contribution in [0.15, 0.2) is 6.20 Å². The van der Waals surface area contributed by atoms with E-state index in [4.69, 9.17) is 0 Å². The summed E-state index contributed by atoms with van der Waals surface area (Å²) in [4.78, 5) is 2.60. The first-order chi connectivity index (χ1) is 8.22. The minimum atomic E-state index is 0. The molecule has 2 aliphatic rings. The van der Waals surface area contributed by atoms with Gasteiger partial charge in [0.2, 0.25) is 0 Å². The highest BCUT2D eigenvalue weighted by atomic mass is 35.5. The molecule has 5 heteroatoms. The fourth-order valence-corrected chi connectivity index (χ4v) is 3.31. The van der Waals surface area contributed by atoms with Crippen LogP contribution in [0.1, 0.15) is 24.1 Å². The maximum absolute atomic E-state index is 4.42. The molecule has 2 saturated heterocycles. The fourth-order valence-electron chi connectivity index (χ4n) is 3.31. The van der Waals surface area contributed by atoms with E-state index in [1.807, 2.05) is 11.7 Å². The molecule has 18 heavy (non-hydrogen) atoms. The quantitative estimate of drug-likeness (QED) is 0.880. The average Bonchev–Trinajstić information content (AvgIpc) is 2.85. The van der Waals surface area contributed by atoms with E-state index >= 15 is 0 Å². The number of nitrogens with zero attached hydrogens (tertiary/aromatic N) is 3. The first-order valence-electron chi connectivity index (χ1n) is 6.67. The lowest BCUT2D eigenvalue weighted by Crippen LogP contribution is -2.43. The molecule has 1 aromatic heterocycles. The summed E-state index contributed by atoms with van der Waals surface area (Å²) in [6, 6.07) is 0.793. The molecule has 0 bridgehead atoms. The summed E-state index contributed by atoms with van der Waals surface area (Å²) < 4.78 is 1.93. The molecule has 0 aromatic carbocycles. The lowest BCUT2D eigenvalue weighted by atomic mass is 9.93. The third-order valence-corrected chi connectivity index (χ3v) is 4.25. The van der Waals surface area contributed by atoms with Crippen molar-refractivity contribution in [2.45, 2.75) is 32.4 Å². The molecule has 4 nitrogen and oxygen atoms in total. The molecule has 0 amide bonds. The Hall–Kier alpha value is -0.580. The summed E-state index contributed by atoms with van der Waals surface area (Å²) in [5.74, 6) is 0.876. The highest BCUT2D eigenvalue weighted by Gasteiger charge is 2.32. The van der Waals surface area contributed by atoms with Crippen molar-refractivity contribution in [3.8, 4) is 0 Å². The van der Waals surface area contributed by atoms with Crippen molar-refractivity contribution in [3.05, 3.63) is 17.5 Å². The zero-order valence-corrected chi connectivity index (χ0v) is 12.0. The van der Waals surface area contributed by atoms with Crippen LogP contribution in [-0.2, 0) is 13.6 Å². The zero-order chi connectivity index (χ0) is 11.8. The molecule has 0 spiro atoms. The van der Waals surface area contributed by atoms with Gasteiger partial charge in [0.25, 0.3) is 0 Å². The number of likely N-dealkylation sites (tertiary alicyclic amines) is 1. The predicted molar refractivity (Wildman–Crippen MR) is 75.0 cm³/mol. The number of halogens is 1. The standard InChI is InChI=1S/C13H22N4.ClH/c1-10-12(7-16(2)15-10)9-17-6-4-13-11(8-17)3-5-14-13;/h7,11,13-14H,3-6,8-9H2,1-2H3;1H. The van der Waals surface area contributed by atoms with E-state index in [9.17, 15) is 0 Å². The first kappa shape index (κ1) is 13.8. The number of hydrogen-bond donors (Lipinski definition) is 1. The Morgan fingerprint density at radius 1 is 1.44 bits per heavy atom. The molecule has 0 aliphatic carbocycles. The summed E-state index contributed by atoms with van der Waals surface area (Å²) in [5, 5.41) is 8.04. The number of nitrogens with one attached hydrogen (secondary N) is 1. The van der Waals surface area contributed by atoms with E-state index in [1.165, 1.54) is 43.7 Å². The van der Waals surface area contributed by atoms with Gasteiger partial charge in [-0.05, 0) is 38.8 Å². The van der Waals surface area contributed by atoms with Crippen LogP contribution in [0.4, 0.5) is 0 Å². The van der Waals surface area contributed by atoms with Gasteiger partial charge in [-0.15, -0.1) is 12.4 Å². The largest absolute Gasteiger partial charge is 0.314 e. The van der Waals surface area contributed by atoms with Crippen LogP contribution < -0.4 is 5.32 Å². The van der Waals surface area contributed by atoms with E-state index in [0.717, 1.165) is 18.5 Å². The molecule has 3 rings (SSSR count). The molecule has 2 fully saturated rings. The Morgan fingerprint density at radius 2 is 2.28 bits per heavy atom. The Labute approximate surface area is 115 Å². The fraction of sp³-hybridized carbons (Fsp3) is 0.769. The Balaban J connectivity index is 0.00000120. The summed E-state index contributed by atoms with van der Waals surface area (Å²) >= 11 is 0. The minimum absolute atomic E-state index is 0. The topological polar surface area (TPSA) is 33.1 Å². The Bertz CT molecular complexity index is 404. The van der Waals surface area contributed by atoms with Gasteiger partial charge in [-0.1, -0.05) is 0 Å². The normalized spacial score (nSPS) is 27.9. The lowest BCUT2D eigenvalue weighted by Gasteiger charge is -2.34. The van der Waals surface area contributed by atoms with Crippen LogP contribution >= 0.6 is 12.4 Å². The highest BCUT2D eigenvalue weighted by molar-refractivity contribution is 5.85. The zero-order valence-electron chi connectivity index (χ0n) is 11.2. The third kappa shape index (κ3) is 2.71. The van der Waals surface area contributed by atoms with Gasteiger partial charge in [0.1, 0.15) is 0 Å². The van der Waals surface area contributed by atoms with Gasteiger partial charge in [0.05, 0.1) is 5.69 Å². The van der Waals surface area contributed by atoms with Gasteiger partial charge < -0.3 is 5.32 Å². The van der Waals surface area contributed by atoms with Crippen LogP contribution in [-0.4, -0.2) is 40.4 Å². The highest BCUT2D eigenvalue weighted by Crippen LogP contribution is 2.25. The monoisotopic (exact) mass is 270 g/mol. The Morgan fingerprint density at radius 3 is 3.00 bits per heavy atom. The van der Waals surface area contributed by atoms with Gasteiger partial charge in [-0.25, -0.2) is 0 Å². The van der Waals surface area contributed by atoms with E-state index < -0.39 is 0 Å². The molecule has 3 heterocycles. The van der Waals surface area contributed by atoms with Crippen molar-refractivity contribution in [1.29, 1.82) is 0 Å². The van der Waals surface area contributed by atoms with Gasteiger partial charge in [-0.2, -0.15) is 5.10 Å². The number of aromatic nitrogens is 2. The second-order valence-corrected chi connectivity index (χ2v) is 5.55. The molecule has 2 unspecified atom stereocenters. The molecule has 2 atom stereocenters. The van der Waals surface area contributed by atoms with Crippen LogP contribution in [0.3, 0.4) is 0 Å². The van der Waals surface area contributed by atoms with Crippen molar-refractivity contribution in [2.75, 3.05) is 19.6 Å². The van der Waals surface area contributed by atoms with Gasteiger partial charge >= 0.3 is 0 Å². The molecule has 102 valence electrons. The van der Waals surface area contributed by atoms with Crippen LogP contribution in [0.25, 0.3) is 0 Å². The van der Waals surface area contributed by atoms with Crippen molar-refractivity contribution in [1.82, 2.24) is 20.0 Å². The third-order valence-electron chi connectivity index (χ3n) is 4.25. The van der Waals surface area contributed by atoms with Crippen molar-refractivity contribution in [3.63, 3.8) is 0 Å². The van der Waals surface area contributed by atoms with Crippen LogP contribution in [0, 0.1) is 12.8 Å².